The van der Waals surface area contributed by atoms with Gasteiger partial charge in [-0.25, -0.2) is 0 Å². The van der Waals surface area contributed by atoms with Gasteiger partial charge in [0.2, 0.25) is 11.0 Å². The van der Waals surface area contributed by atoms with E-state index < -0.39 is 0 Å². The Labute approximate surface area is 101 Å². The lowest BCUT2D eigenvalue weighted by molar-refractivity contribution is -0.115. The van der Waals surface area contributed by atoms with E-state index in [9.17, 15) is 4.79 Å². The molecule has 0 spiro atoms. The standard InChI is InChI=1S/C10H9N3OS2/c14-8(6-7-4-2-1-3-5-7)11-9-12-13-10(15)16-9/h1-5H,6H2,(H,13,15)(H,11,12,14). The Balaban J connectivity index is 1.97. The van der Waals surface area contributed by atoms with E-state index in [1.165, 1.54) is 11.3 Å². The van der Waals surface area contributed by atoms with E-state index in [-0.39, 0.29) is 5.91 Å². The molecule has 0 radical (unpaired) electrons. The van der Waals surface area contributed by atoms with Crippen LogP contribution in [0, 0.1) is 3.95 Å². The zero-order valence-electron chi connectivity index (χ0n) is 8.27. The Morgan fingerprint density at radius 2 is 2.19 bits per heavy atom. The molecular formula is C10H9N3OS2. The van der Waals surface area contributed by atoms with Crippen molar-refractivity contribution in [3.8, 4) is 0 Å². The van der Waals surface area contributed by atoms with E-state index in [0.717, 1.165) is 5.56 Å². The number of hydrogen-bond acceptors (Lipinski definition) is 4. The van der Waals surface area contributed by atoms with Crippen molar-refractivity contribution < 1.29 is 4.79 Å². The molecule has 2 aromatic rings. The van der Waals surface area contributed by atoms with Gasteiger partial charge in [-0.3, -0.25) is 9.89 Å². The number of carbonyl (C=O) groups is 1. The lowest BCUT2D eigenvalue weighted by Gasteiger charge is -2.00. The molecule has 2 N–H and O–H groups in total. The summed E-state index contributed by atoms with van der Waals surface area (Å²) < 4.78 is 0.551. The monoisotopic (exact) mass is 251 g/mol. The Hall–Kier alpha value is -1.53. The van der Waals surface area contributed by atoms with Crippen molar-refractivity contribution >= 4 is 34.6 Å². The number of amides is 1. The molecule has 0 atom stereocenters. The number of aromatic amines is 1. The van der Waals surface area contributed by atoms with Crippen LogP contribution in [0.5, 0.6) is 0 Å². The first-order valence-corrected chi connectivity index (χ1v) is 5.86. The van der Waals surface area contributed by atoms with Gasteiger partial charge >= 0.3 is 0 Å². The highest BCUT2D eigenvalue weighted by atomic mass is 32.1. The molecular weight excluding hydrogens is 242 g/mol. The van der Waals surface area contributed by atoms with Gasteiger partial charge in [0.05, 0.1) is 6.42 Å². The van der Waals surface area contributed by atoms with Crippen LogP contribution in [0.25, 0.3) is 0 Å². The summed E-state index contributed by atoms with van der Waals surface area (Å²) in [6.07, 6.45) is 0.340. The maximum Gasteiger partial charge on any atom is 0.230 e. The maximum absolute atomic E-state index is 11.6. The fourth-order valence-electron chi connectivity index (χ4n) is 1.23. The molecule has 0 saturated carbocycles. The molecule has 6 heteroatoms. The SMILES string of the molecule is O=C(Cc1ccccc1)Nc1n[nH]c(=S)s1. The van der Waals surface area contributed by atoms with E-state index in [4.69, 9.17) is 12.2 Å². The fourth-order valence-corrected chi connectivity index (χ4v) is 2.03. The van der Waals surface area contributed by atoms with Crippen LogP contribution in [0.2, 0.25) is 0 Å². The highest BCUT2D eigenvalue weighted by molar-refractivity contribution is 7.73. The Morgan fingerprint density at radius 3 is 2.81 bits per heavy atom. The van der Waals surface area contributed by atoms with Crippen molar-refractivity contribution in [2.24, 2.45) is 0 Å². The average Bonchev–Trinajstić information content (AvgIpc) is 2.65. The Bertz CT molecular complexity index is 532. The van der Waals surface area contributed by atoms with Crippen molar-refractivity contribution in [1.29, 1.82) is 0 Å². The predicted molar refractivity (Wildman–Crippen MR) is 66.1 cm³/mol. The van der Waals surface area contributed by atoms with Gasteiger partial charge in [-0.05, 0) is 17.8 Å². The van der Waals surface area contributed by atoms with E-state index >= 15 is 0 Å². The van der Waals surface area contributed by atoms with E-state index in [1.54, 1.807) is 0 Å². The molecule has 16 heavy (non-hydrogen) atoms. The van der Waals surface area contributed by atoms with E-state index in [0.29, 0.717) is 15.5 Å². The highest BCUT2D eigenvalue weighted by Gasteiger charge is 2.05. The molecule has 4 nitrogen and oxygen atoms in total. The van der Waals surface area contributed by atoms with Gasteiger partial charge in [-0.2, -0.15) is 0 Å². The first-order valence-electron chi connectivity index (χ1n) is 4.63. The smallest absolute Gasteiger partial charge is 0.230 e. The van der Waals surface area contributed by atoms with Crippen LogP contribution in [0.15, 0.2) is 30.3 Å². The Morgan fingerprint density at radius 1 is 1.44 bits per heavy atom. The number of nitrogens with zero attached hydrogens (tertiary/aromatic N) is 1. The summed E-state index contributed by atoms with van der Waals surface area (Å²) in [4.78, 5) is 11.6. The van der Waals surface area contributed by atoms with Crippen LogP contribution in [-0.2, 0) is 11.2 Å². The third-order valence-electron chi connectivity index (χ3n) is 1.89. The molecule has 0 saturated heterocycles. The minimum Gasteiger partial charge on any atom is -0.300 e. The van der Waals surface area contributed by atoms with Gasteiger partial charge in [0.1, 0.15) is 0 Å². The number of aromatic nitrogens is 2. The summed E-state index contributed by atoms with van der Waals surface area (Å²) in [7, 11) is 0. The lowest BCUT2D eigenvalue weighted by atomic mass is 10.1. The molecule has 1 heterocycles. The van der Waals surface area contributed by atoms with Crippen molar-refractivity contribution in [1.82, 2.24) is 10.2 Å². The molecule has 82 valence electrons. The summed E-state index contributed by atoms with van der Waals surface area (Å²) in [5.41, 5.74) is 0.971. The molecule has 0 aliphatic carbocycles. The number of benzene rings is 1. The van der Waals surface area contributed by atoms with Crippen LogP contribution in [0.4, 0.5) is 5.13 Å². The summed E-state index contributed by atoms with van der Waals surface area (Å²) in [6.45, 7) is 0. The molecule has 1 aromatic carbocycles. The van der Waals surface area contributed by atoms with Crippen LogP contribution in [-0.4, -0.2) is 16.1 Å². The zero-order valence-corrected chi connectivity index (χ0v) is 9.90. The number of carbonyl (C=O) groups excluding carboxylic acids is 1. The molecule has 0 fully saturated rings. The zero-order chi connectivity index (χ0) is 11.4. The number of H-pyrrole nitrogens is 1. The topological polar surface area (TPSA) is 57.8 Å². The van der Waals surface area contributed by atoms with Crippen molar-refractivity contribution in [2.75, 3.05) is 5.32 Å². The molecule has 1 amide bonds. The summed E-state index contributed by atoms with van der Waals surface area (Å²) >= 11 is 6.11. The van der Waals surface area contributed by atoms with Crippen LogP contribution in [0.1, 0.15) is 5.56 Å². The Kier molecular flexibility index (Phi) is 3.43. The van der Waals surface area contributed by atoms with Gasteiger partial charge in [0, 0.05) is 0 Å². The normalized spacial score (nSPS) is 10.0. The minimum atomic E-state index is -0.0936. The van der Waals surface area contributed by atoms with Crippen molar-refractivity contribution in [3.63, 3.8) is 0 Å². The van der Waals surface area contributed by atoms with Gasteiger partial charge in [-0.1, -0.05) is 41.7 Å². The lowest BCUT2D eigenvalue weighted by Crippen LogP contribution is -2.14. The highest BCUT2D eigenvalue weighted by Crippen LogP contribution is 2.11. The molecule has 0 aliphatic heterocycles. The van der Waals surface area contributed by atoms with Gasteiger partial charge < -0.3 is 5.32 Å². The third-order valence-corrected chi connectivity index (χ3v) is 2.90. The van der Waals surface area contributed by atoms with Crippen LogP contribution >= 0.6 is 23.6 Å². The predicted octanol–water partition coefficient (Wildman–Crippen LogP) is 2.38. The van der Waals surface area contributed by atoms with Gasteiger partial charge in [-0.15, -0.1) is 5.10 Å². The quantitative estimate of drug-likeness (QED) is 0.823. The minimum absolute atomic E-state index is 0.0936. The van der Waals surface area contributed by atoms with Crippen LogP contribution in [0.3, 0.4) is 0 Å². The second kappa shape index (κ2) is 5.00. The average molecular weight is 251 g/mol. The van der Waals surface area contributed by atoms with Crippen molar-refractivity contribution in [3.05, 3.63) is 39.8 Å². The number of rotatable bonds is 3. The number of anilines is 1. The first kappa shape index (κ1) is 11.0. The van der Waals surface area contributed by atoms with E-state index in [1.807, 2.05) is 30.3 Å². The summed E-state index contributed by atoms with van der Waals surface area (Å²) in [5.74, 6) is -0.0936. The van der Waals surface area contributed by atoms with Crippen LogP contribution < -0.4 is 5.32 Å². The summed E-state index contributed by atoms with van der Waals surface area (Å²) in [6, 6.07) is 9.54. The fraction of sp³-hybridized carbons (Fsp3) is 0.100. The second-order valence-electron chi connectivity index (χ2n) is 3.13. The van der Waals surface area contributed by atoms with Crippen molar-refractivity contribution in [2.45, 2.75) is 6.42 Å². The molecule has 1 aromatic heterocycles. The van der Waals surface area contributed by atoms with Gasteiger partial charge in [0.25, 0.3) is 0 Å². The van der Waals surface area contributed by atoms with Gasteiger partial charge in [0.15, 0.2) is 3.95 Å². The molecule has 0 unspecified atom stereocenters. The third kappa shape index (κ3) is 2.98. The molecule has 0 bridgehead atoms. The number of hydrogen-bond donors (Lipinski definition) is 2. The summed E-state index contributed by atoms with van der Waals surface area (Å²) in [5, 5.41) is 9.65. The first-order chi connectivity index (χ1) is 7.74. The number of nitrogens with one attached hydrogen (secondary N) is 2. The molecule has 2 rings (SSSR count). The molecule has 0 aliphatic rings. The van der Waals surface area contributed by atoms with E-state index in [2.05, 4.69) is 15.5 Å². The maximum atomic E-state index is 11.6. The largest absolute Gasteiger partial charge is 0.300 e. The second-order valence-corrected chi connectivity index (χ2v) is 4.79.